The lowest BCUT2D eigenvalue weighted by Gasteiger charge is -2.39. The normalized spacial score (nSPS) is 18.9. The molecule has 0 spiro atoms. The summed E-state index contributed by atoms with van der Waals surface area (Å²) in [6.45, 7) is 3.07. The largest absolute Gasteiger partial charge is 0.497 e. The maximum atomic E-state index is 11.3. The van der Waals surface area contributed by atoms with Gasteiger partial charge in [-0.2, -0.15) is 0 Å². The summed E-state index contributed by atoms with van der Waals surface area (Å²) in [7, 11) is 1.64. The molecule has 1 aliphatic rings. The number of nitrogens with zero attached hydrogens (tertiary/aromatic N) is 3. The zero-order chi connectivity index (χ0) is 26.7. The van der Waals surface area contributed by atoms with E-state index in [1.54, 1.807) is 13.3 Å². The summed E-state index contributed by atoms with van der Waals surface area (Å²) in [5.74, 6) is 0.791. The lowest BCUT2D eigenvalue weighted by molar-refractivity contribution is -0.137. The fourth-order valence-corrected chi connectivity index (χ4v) is 5.86. The average molecular weight is 520 g/mol. The number of hydrogen-bond acceptors (Lipinski definition) is 6. The number of carboxylic acid groups (broad SMARTS) is 1. The van der Waals surface area contributed by atoms with Gasteiger partial charge < -0.3 is 19.8 Å². The van der Waals surface area contributed by atoms with Gasteiger partial charge in [0.2, 0.25) is 0 Å². The van der Waals surface area contributed by atoms with Crippen LogP contribution in [0.4, 0.5) is 0 Å². The van der Waals surface area contributed by atoms with E-state index in [9.17, 15) is 15.0 Å². The van der Waals surface area contributed by atoms with E-state index in [0.717, 1.165) is 61.1 Å². The molecule has 3 heterocycles. The first-order valence-corrected chi connectivity index (χ1v) is 14.0. The quantitative estimate of drug-likeness (QED) is 0.265. The SMILES string of the molecule is COc1ccc2nccc([C@H](O)CC[C@@H]3CCN(CCCCCc4ccncc4)C[C@H]3CCC(=O)O)c2c1. The van der Waals surface area contributed by atoms with E-state index < -0.39 is 12.1 Å². The number of carbonyl (C=O) groups is 1. The van der Waals surface area contributed by atoms with Crippen molar-refractivity contribution < 1.29 is 19.7 Å². The highest BCUT2D eigenvalue weighted by Crippen LogP contribution is 2.35. The number of likely N-dealkylation sites (tertiary alicyclic amines) is 1. The molecule has 1 aromatic carbocycles. The molecule has 0 bridgehead atoms. The number of fused-ring (bicyclic) bond motifs is 1. The predicted molar refractivity (Wildman–Crippen MR) is 149 cm³/mol. The molecule has 1 saturated heterocycles. The molecule has 0 unspecified atom stereocenters. The van der Waals surface area contributed by atoms with Crippen LogP contribution in [0.25, 0.3) is 10.9 Å². The van der Waals surface area contributed by atoms with Crippen molar-refractivity contribution in [2.24, 2.45) is 11.8 Å². The summed E-state index contributed by atoms with van der Waals surface area (Å²) in [6, 6.07) is 11.8. The first kappa shape index (κ1) is 28.0. The van der Waals surface area contributed by atoms with Gasteiger partial charge in [0.1, 0.15) is 5.75 Å². The molecular formula is C31H41N3O4. The Hall–Kier alpha value is -3.03. The van der Waals surface area contributed by atoms with Gasteiger partial charge in [-0.15, -0.1) is 0 Å². The van der Waals surface area contributed by atoms with E-state index in [2.05, 4.69) is 27.0 Å². The number of rotatable bonds is 14. The minimum absolute atomic E-state index is 0.207. The van der Waals surface area contributed by atoms with Crippen molar-refractivity contribution in [2.45, 2.75) is 63.9 Å². The third-order valence-corrected chi connectivity index (χ3v) is 8.05. The number of piperidine rings is 1. The molecule has 38 heavy (non-hydrogen) atoms. The molecule has 0 amide bonds. The van der Waals surface area contributed by atoms with Crippen LogP contribution in [0.3, 0.4) is 0 Å². The summed E-state index contributed by atoms with van der Waals surface area (Å²) >= 11 is 0. The highest BCUT2D eigenvalue weighted by Gasteiger charge is 2.30. The standard InChI is InChI=1S/C31H41N3O4/c1-38-26-8-9-29-28(21-26)27(14-18-33-29)30(35)10-6-24-15-20-34(22-25(24)7-11-31(36)37)19-4-2-3-5-23-12-16-32-17-13-23/h8-9,12-14,16-18,21,24-25,30,35H,2-7,10-11,15,19-20,22H2,1H3,(H,36,37)/t24-,25-,30-/m1/s1. The second kappa shape index (κ2) is 14.2. The second-order valence-electron chi connectivity index (χ2n) is 10.6. The highest BCUT2D eigenvalue weighted by molar-refractivity contribution is 5.83. The van der Waals surface area contributed by atoms with Crippen LogP contribution in [0, 0.1) is 11.8 Å². The second-order valence-corrected chi connectivity index (χ2v) is 10.6. The summed E-state index contributed by atoms with van der Waals surface area (Å²) in [4.78, 5) is 22.4. The Morgan fingerprint density at radius 2 is 1.92 bits per heavy atom. The van der Waals surface area contributed by atoms with Gasteiger partial charge >= 0.3 is 5.97 Å². The number of methoxy groups -OCH3 is 1. The van der Waals surface area contributed by atoms with Gasteiger partial charge in [0.25, 0.3) is 0 Å². The summed E-state index contributed by atoms with van der Waals surface area (Å²) in [5, 5.41) is 21.4. The summed E-state index contributed by atoms with van der Waals surface area (Å²) in [5.41, 5.74) is 3.06. The first-order valence-electron chi connectivity index (χ1n) is 14.0. The molecule has 1 aliphatic heterocycles. The van der Waals surface area contributed by atoms with Gasteiger partial charge in [-0.25, -0.2) is 0 Å². The molecular weight excluding hydrogens is 478 g/mol. The van der Waals surface area contributed by atoms with Gasteiger partial charge in [0.15, 0.2) is 0 Å². The molecule has 3 atom stereocenters. The molecule has 4 rings (SSSR count). The van der Waals surface area contributed by atoms with E-state index in [4.69, 9.17) is 4.74 Å². The van der Waals surface area contributed by atoms with Crippen LogP contribution < -0.4 is 4.74 Å². The lowest BCUT2D eigenvalue weighted by atomic mass is 9.79. The van der Waals surface area contributed by atoms with Crippen LogP contribution in [-0.2, 0) is 11.2 Å². The highest BCUT2D eigenvalue weighted by atomic mass is 16.5. The third kappa shape index (κ3) is 7.98. The van der Waals surface area contributed by atoms with Crippen LogP contribution >= 0.6 is 0 Å². The fourth-order valence-electron chi connectivity index (χ4n) is 5.86. The number of carboxylic acids is 1. The Labute approximate surface area is 225 Å². The van der Waals surface area contributed by atoms with Crippen molar-refractivity contribution in [2.75, 3.05) is 26.7 Å². The molecule has 0 radical (unpaired) electrons. The average Bonchev–Trinajstić information content (AvgIpc) is 2.95. The Morgan fingerprint density at radius 3 is 2.71 bits per heavy atom. The van der Waals surface area contributed by atoms with Gasteiger partial charge in [0.05, 0.1) is 18.7 Å². The molecule has 2 aromatic heterocycles. The minimum atomic E-state index is -0.728. The monoisotopic (exact) mass is 519 g/mol. The van der Waals surface area contributed by atoms with E-state index in [0.29, 0.717) is 24.7 Å². The molecule has 7 heteroatoms. The van der Waals surface area contributed by atoms with Crippen molar-refractivity contribution in [1.29, 1.82) is 0 Å². The van der Waals surface area contributed by atoms with Crippen molar-refractivity contribution in [3.05, 3.63) is 66.1 Å². The van der Waals surface area contributed by atoms with Gasteiger partial charge in [-0.3, -0.25) is 14.8 Å². The van der Waals surface area contributed by atoms with Gasteiger partial charge in [-0.05, 0) is 117 Å². The van der Waals surface area contributed by atoms with Crippen molar-refractivity contribution in [3.63, 3.8) is 0 Å². The van der Waals surface area contributed by atoms with Crippen LogP contribution in [0.5, 0.6) is 5.75 Å². The Balaban J connectivity index is 1.29. The van der Waals surface area contributed by atoms with Crippen molar-refractivity contribution >= 4 is 16.9 Å². The lowest BCUT2D eigenvalue weighted by Crippen LogP contribution is -2.41. The number of hydrogen-bond donors (Lipinski definition) is 2. The Morgan fingerprint density at radius 1 is 1.08 bits per heavy atom. The van der Waals surface area contributed by atoms with Crippen LogP contribution in [0.2, 0.25) is 0 Å². The number of aliphatic hydroxyl groups is 1. The topological polar surface area (TPSA) is 95.8 Å². The zero-order valence-electron chi connectivity index (χ0n) is 22.5. The minimum Gasteiger partial charge on any atom is -0.497 e. The van der Waals surface area contributed by atoms with Gasteiger partial charge in [-0.1, -0.05) is 6.42 Å². The fraction of sp³-hybridized carbons (Fsp3) is 0.516. The smallest absolute Gasteiger partial charge is 0.303 e. The number of benzene rings is 1. The molecule has 204 valence electrons. The maximum absolute atomic E-state index is 11.3. The molecule has 7 nitrogen and oxygen atoms in total. The third-order valence-electron chi connectivity index (χ3n) is 8.05. The maximum Gasteiger partial charge on any atom is 0.303 e. The summed E-state index contributed by atoms with van der Waals surface area (Å²) in [6.07, 6.45) is 13.0. The van der Waals surface area contributed by atoms with E-state index in [1.165, 1.54) is 24.8 Å². The van der Waals surface area contributed by atoms with E-state index in [-0.39, 0.29) is 6.42 Å². The number of aromatic nitrogens is 2. The van der Waals surface area contributed by atoms with Gasteiger partial charge in [0, 0.05) is 36.9 Å². The number of ether oxygens (including phenoxy) is 1. The van der Waals surface area contributed by atoms with Crippen molar-refractivity contribution in [1.82, 2.24) is 14.9 Å². The molecule has 3 aromatic rings. The molecule has 1 fully saturated rings. The number of aliphatic hydroxyl groups excluding tert-OH is 1. The Bertz CT molecular complexity index is 1160. The predicted octanol–water partition coefficient (Wildman–Crippen LogP) is 5.67. The number of aliphatic carboxylic acids is 1. The van der Waals surface area contributed by atoms with Crippen LogP contribution in [0.15, 0.2) is 55.0 Å². The zero-order valence-corrected chi connectivity index (χ0v) is 22.5. The number of pyridine rings is 2. The Kier molecular flexibility index (Phi) is 10.5. The number of aryl methyl sites for hydroxylation is 1. The van der Waals surface area contributed by atoms with E-state index >= 15 is 0 Å². The molecule has 0 aliphatic carbocycles. The first-order chi connectivity index (χ1) is 18.5. The van der Waals surface area contributed by atoms with Crippen LogP contribution in [0.1, 0.15) is 68.6 Å². The van der Waals surface area contributed by atoms with Crippen molar-refractivity contribution in [3.8, 4) is 5.75 Å². The number of unbranched alkanes of at least 4 members (excludes halogenated alkanes) is 2. The van der Waals surface area contributed by atoms with E-state index in [1.807, 2.05) is 36.7 Å². The molecule has 2 N–H and O–H groups in total. The molecule has 0 saturated carbocycles. The van der Waals surface area contributed by atoms with Crippen LogP contribution in [-0.4, -0.2) is 57.8 Å². The summed E-state index contributed by atoms with van der Waals surface area (Å²) < 4.78 is 5.38.